The summed E-state index contributed by atoms with van der Waals surface area (Å²) in [4.78, 5) is 34.4. The Morgan fingerprint density at radius 1 is 1.14 bits per heavy atom. The molecule has 6 nitrogen and oxygen atoms in total. The maximum Gasteiger partial charge on any atom is 0.305 e. The SMILES string of the molecule is COC(=O)CCCCNC(=O)CNC(=O)c1ccccc1I. The van der Waals surface area contributed by atoms with E-state index in [1.165, 1.54) is 7.11 Å². The fourth-order valence-corrected chi connectivity index (χ4v) is 2.32. The zero-order chi connectivity index (χ0) is 16.4. The number of amides is 2. The first-order chi connectivity index (χ1) is 10.5. The molecule has 1 aromatic carbocycles. The average Bonchev–Trinajstić information content (AvgIpc) is 2.52. The molecule has 0 heterocycles. The van der Waals surface area contributed by atoms with Crippen LogP contribution in [0.2, 0.25) is 0 Å². The van der Waals surface area contributed by atoms with Crippen LogP contribution in [0.15, 0.2) is 24.3 Å². The smallest absolute Gasteiger partial charge is 0.305 e. The van der Waals surface area contributed by atoms with Crippen molar-refractivity contribution >= 4 is 40.4 Å². The number of carbonyl (C=O) groups excluding carboxylic acids is 3. The number of halogens is 1. The summed E-state index contributed by atoms with van der Waals surface area (Å²) in [5.41, 5.74) is 0.550. The number of unbranched alkanes of at least 4 members (excludes halogenated alkanes) is 1. The lowest BCUT2D eigenvalue weighted by Crippen LogP contribution is -2.37. The first-order valence-electron chi connectivity index (χ1n) is 6.91. The van der Waals surface area contributed by atoms with Gasteiger partial charge in [0, 0.05) is 16.5 Å². The highest BCUT2D eigenvalue weighted by Crippen LogP contribution is 2.10. The molecule has 0 radical (unpaired) electrons. The molecule has 0 fully saturated rings. The van der Waals surface area contributed by atoms with Crippen molar-refractivity contribution in [2.24, 2.45) is 0 Å². The maximum absolute atomic E-state index is 11.9. The van der Waals surface area contributed by atoms with Crippen LogP contribution in [0.25, 0.3) is 0 Å². The molecule has 7 heteroatoms. The van der Waals surface area contributed by atoms with Crippen LogP contribution in [-0.2, 0) is 14.3 Å². The monoisotopic (exact) mass is 418 g/mol. The molecule has 2 amide bonds. The van der Waals surface area contributed by atoms with E-state index in [9.17, 15) is 14.4 Å². The van der Waals surface area contributed by atoms with Crippen molar-refractivity contribution in [3.63, 3.8) is 0 Å². The van der Waals surface area contributed by atoms with Gasteiger partial charge in [0.2, 0.25) is 5.91 Å². The number of nitrogens with one attached hydrogen (secondary N) is 2. The lowest BCUT2D eigenvalue weighted by Gasteiger charge is -2.08. The van der Waals surface area contributed by atoms with E-state index in [1.54, 1.807) is 12.1 Å². The van der Waals surface area contributed by atoms with E-state index in [-0.39, 0.29) is 24.3 Å². The fourth-order valence-electron chi connectivity index (χ4n) is 1.69. The molecule has 0 unspecified atom stereocenters. The minimum atomic E-state index is -0.272. The van der Waals surface area contributed by atoms with E-state index in [0.717, 1.165) is 3.57 Å². The number of rotatable bonds is 8. The molecular weight excluding hydrogens is 399 g/mol. The second kappa shape index (κ2) is 10.1. The molecule has 0 bridgehead atoms. The molecule has 0 saturated carbocycles. The normalized spacial score (nSPS) is 9.91. The molecule has 0 spiro atoms. The van der Waals surface area contributed by atoms with E-state index in [4.69, 9.17) is 0 Å². The van der Waals surface area contributed by atoms with Crippen LogP contribution >= 0.6 is 22.6 Å². The minimum absolute atomic E-state index is 0.0686. The summed E-state index contributed by atoms with van der Waals surface area (Å²) in [7, 11) is 1.35. The summed E-state index contributed by atoms with van der Waals surface area (Å²) in [6, 6.07) is 7.16. The summed E-state index contributed by atoms with van der Waals surface area (Å²) in [5, 5.41) is 5.27. The Bertz CT molecular complexity index is 534. The zero-order valence-electron chi connectivity index (χ0n) is 12.4. The highest BCUT2D eigenvalue weighted by atomic mass is 127. The zero-order valence-corrected chi connectivity index (χ0v) is 14.5. The predicted molar refractivity (Wildman–Crippen MR) is 90.4 cm³/mol. The Balaban J connectivity index is 2.19. The molecule has 120 valence electrons. The molecule has 1 rings (SSSR count). The van der Waals surface area contributed by atoms with Crippen molar-refractivity contribution in [3.05, 3.63) is 33.4 Å². The summed E-state index contributed by atoms with van der Waals surface area (Å²) < 4.78 is 5.35. The van der Waals surface area contributed by atoms with Crippen molar-refractivity contribution in [2.45, 2.75) is 19.3 Å². The van der Waals surface area contributed by atoms with E-state index >= 15 is 0 Å². The molecule has 0 aliphatic heterocycles. The molecular formula is C15H19IN2O4. The van der Waals surface area contributed by atoms with E-state index in [2.05, 4.69) is 38.0 Å². The van der Waals surface area contributed by atoms with Gasteiger partial charge in [0.1, 0.15) is 0 Å². The highest BCUT2D eigenvalue weighted by molar-refractivity contribution is 14.1. The van der Waals surface area contributed by atoms with Crippen molar-refractivity contribution in [1.29, 1.82) is 0 Å². The van der Waals surface area contributed by atoms with Gasteiger partial charge >= 0.3 is 5.97 Å². The Morgan fingerprint density at radius 2 is 1.86 bits per heavy atom. The molecule has 0 aliphatic rings. The van der Waals surface area contributed by atoms with Crippen LogP contribution < -0.4 is 10.6 Å². The van der Waals surface area contributed by atoms with Crippen molar-refractivity contribution in [3.8, 4) is 0 Å². The number of ether oxygens (including phenoxy) is 1. The number of carbonyl (C=O) groups is 3. The molecule has 0 saturated heterocycles. The fraction of sp³-hybridized carbons (Fsp3) is 0.400. The highest BCUT2D eigenvalue weighted by Gasteiger charge is 2.10. The van der Waals surface area contributed by atoms with Crippen molar-refractivity contribution in [2.75, 3.05) is 20.2 Å². The van der Waals surface area contributed by atoms with E-state index in [1.807, 2.05) is 12.1 Å². The molecule has 22 heavy (non-hydrogen) atoms. The quantitative estimate of drug-likeness (QED) is 0.381. The van der Waals surface area contributed by atoms with Gasteiger partial charge in [0.05, 0.1) is 19.2 Å². The minimum Gasteiger partial charge on any atom is -0.469 e. The van der Waals surface area contributed by atoms with Gasteiger partial charge in [0.15, 0.2) is 0 Å². The second-order valence-electron chi connectivity index (χ2n) is 4.55. The standard InChI is InChI=1S/C15H19IN2O4/c1-22-14(20)8-4-5-9-17-13(19)10-18-15(21)11-6-2-3-7-12(11)16/h2-3,6-7H,4-5,8-10H2,1H3,(H,17,19)(H,18,21). The largest absolute Gasteiger partial charge is 0.469 e. The van der Waals surface area contributed by atoms with Crippen LogP contribution in [0.1, 0.15) is 29.6 Å². The first-order valence-corrected chi connectivity index (χ1v) is 7.98. The van der Waals surface area contributed by atoms with Gasteiger partial charge in [-0.25, -0.2) is 0 Å². The molecule has 0 atom stereocenters. The van der Waals surface area contributed by atoms with Crippen molar-refractivity contribution in [1.82, 2.24) is 10.6 Å². The maximum atomic E-state index is 11.9. The van der Waals surface area contributed by atoms with Crippen LogP contribution in [-0.4, -0.2) is 38.0 Å². The van der Waals surface area contributed by atoms with Gasteiger partial charge in [-0.15, -0.1) is 0 Å². The third-order valence-electron chi connectivity index (χ3n) is 2.89. The predicted octanol–water partition coefficient (Wildman–Crippen LogP) is 1.48. The Kier molecular flexibility index (Phi) is 8.49. The lowest BCUT2D eigenvalue weighted by atomic mass is 10.2. The van der Waals surface area contributed by atoms with Crippen LogP contribution in [0.3, 0.4) is 0 Å². The Labute approximate surface area is 143 Å². The van der Waals surface area contributed by atoms with Gasteiger partial charge in [-0.2, -0.15) is 0 Å². The van der Waals surface area contributed by atoms with Gasteiger partial charge in [-0.1, -0.05) is 12.1 Å². The Hall–Kier alpha value is -1.64. The molecule has 0 aliphatic carbocycles. The van der Waals surface area contributed by atoms with Gasteiger partial charge in [-0.3, -0.25) is 14.4 Å². The average molecular weight is 418 g/mol. The topological polar surface area (TPSA) is 84.5 Å². The number of hydrogen-bond donors (Lipinski definition) is 2. The van der Waals surface area contributed by atoms with E-state index < -0.39 is 0 Å². The lowest BCUT2D eigenvalue weighted by molar-refractivity contribution is -0.140. The third-order valence-corrected chi connectivity index (χ3v) is 3.83. The number of esters is 1. The molecule has 1 aromatic rings. The van der Waals surface area contributed by atoms with Gasteiger partial charge in [0.25, 0.3) is 5.91 Å². The second-order valence-corrected chi connectivity index (χ2v) is 5.71. The van der Waals surface area contributed by atoms with E-state index in [0.29, 0.717) is 31.4 Å². The van der Waals surface area contributed by atoms with Gasteiger partial charge in [-0.05, 0) is 47.6 Å². The van der Waals surface area contributed by atoms with Gasteiger partial charge < -0.3 is 15.4 Å². The summed E-state index contributed by atoms with van der Waals surface area (Å²) in [6.45, 7) is 0.398. The first kappa shape index (κ1) is 18.4. The van der Waals surface area contributed by atoms with Crippen molar-refractivity contribution < 1.29 is 19.1 Å². The van der Waals surface area contributed by atoms with Crippen LogP contribution in [0.5, 0.6) is 0 Å². The third kappa shape index (κ3) is 6.88. The number of methoxy groups -OCH3 is 1. The Morgan fingerprint density at radius 3 is 2.55 bits per heavy atom. The molecule has 2 N–H and O–H groups in total. The number of benzene rings is 1. The molecule has 0 aromatic heterocycles. The number of hydrogen-bond acceptors (Lipinski definition) is 4. The summed E-state index contributed by atoms with van der Waals surface area (Å²) in [6.07, 6.45) is 1.68. The summed E-state index contributed by atoms with van der Waals surface area (Å²) >= 11 is 2.07. The van der Waals surface area contributed by atoms with Crippen LogP contribution in [0.4, 0.5) is 0 Å². The van der Waals surface area contributed by atoms with Crippen LogP contribution in [0, 0.1) is 3.57 Å². The summed E-state index contributed by atoms with van der Waals surface area (Å²) in [5.74, 6) is -0.778.